The van der Waals surface area contributed by atoms with Crippen molar-refractivity contribution >= 4 is 5.69 Å². The fraction of sp³-hybridized carbons (Fsp3) is 0.429. The first-order chi connectivity index (χ1) is 8.93. The van der Waals surface area contributed by atoms with Crippen molar-refractivity contribution in [2.24, 2.45) is 0 Å². The minimum absolute atomic E-state index is 0.587. The highest BCUT2D eigenvalue weighted by molar-refractivity contribution is 5.54. The van der Waals surface area contributed by atoms with Crippen LogP contribution < -0.4 is 4.90 Å². The molecule has 1 aromatic carbocycles. The standard InChI is InChI=1S/C14H15F3N2/c1-18-6-10-8-19(9-11(10)7-18)13-4-2-12(3-5-13)14(15,16)17/h2-5H,6-9H2,1H3. The summed E-state index contributed by atoms with van der Waals surface area (Å²) in [5.41, 5.74) is 3.12. The molecule has 2 heterocycles. The number of nitrogens with zero attached hydrogens (tertiary/aromatic N) is 2. The first-order valence-corrected chi connectivity index (χ1v) is 6.24. The predicted molar refractivity (Wildman–Crippen MR) is 68.2 cm³/mol. The molecule has 0 amide bonds. The van der Waals surface area contributed by atoms with Gasteiger partial charge in [-0.25, -0.2) is 0 Å². The van der Waals surface area contributed by atoms with Crippen molar-refractivity contribution in [3.05, 3.63) is 41.0 Å². The largest absolute Gasteiger partial charge is 0.416 e. The van der Waals surface area contributed by atoms with Crippen LogP contribution in [0.3, 0.4) is 0 Å². The van der Waals surface area contributed by atoms with Crippen molar-refractivity contribution in [2.75, 3.05) is 38.1 Å². The average molecular weight is 268 g/mol. The van der Waals surface area contributed by atoms with Crippen LogP contribution in [0.5, 0.6) is 0 Å². The van der Waals surface area contributed by atoms with Gasteiger partial charge in [-0.1, -0.05) is 0 Å². The number of halogens is 3. The predicted octanol–water partition coefficient (Wildman–Crippen LogP) is 2.77. The summed E-state index contributed by atoms with van der Waals surface area (Å²) in [5.74, 6) is 0. The molecule has 2 aliphatic rings. The summed E-state index contributed by atoms with van der Waals surface area (Å²) in [7, 11) is 2.08. The van der Waals surface area contributed by atoms with Crippen LogP contribution in [-0.4, -0.2) is 38.1 Å². The van der Waals surface area contributed by atoms with Gasteiger partial charge in [0.15, 0.2) is 0 Å². The van der Waals surface area contributed by atoms with E-state index in [0.29, 0.717) is 0 Å². The zero-order valence-electron chi connectivity index (χ0n) is 10.7. The van der Waals surface area contributed by atoms with E-state index in [9.17, 15) is 13.2 Å². The van der Waals surface area contributed by atoms with Crippen LogP contribution in [0.2, 0.25) is 0 Å². The maximum absolute atomic E-state index is 12.5. The second kappa shape index (κ2) is 4.27. The van der Waals surface area contributed by atoms with E-state index in [1.807, 2.05) is 0 Å². The van der Waals surface area contributed by atoms with Crippen LogP contribution in [-0.2, 0) is 6.18 Å². The second-order valence-corrected chi connectivity index (χ2v) is 5.28. The van der Waals surface area contributed by atoms with Crippen LogP contribution in [0.15, 0.2) is 35.4 Å². The molecule has 0 bridgehead atoms. The lowest BCUT2D eigenvalue weighted by Gasteiger charge is -2.22. The van der Waals surface area contributed by atoms with Crippen molar-refractivity contribution in [2.45, 2.75) is 6.18 Å². The lowest BCUT2D eigenvalue weighted by molar-refractivity contribution is -0.137. The molecule has 3 rings (SSSR count). The quantitative estimate of drug-likeness (QED) is 0.723. The first kappa shape index (κ1) is 12.5. The minimum Gasteiger partial charge on any atom is -0.363 e. The molecule has 2 nitrogen and oxygen atoms in total. The lowest BCUT2D eigenvalue weighted by atomic mass is 10.2. The molecule has 1 aromatic rings. The van der Waals surface area contributed by atoms with Gasteiger partial charge in [0.1, 0.15) is 0 Å². The smallest absolute Gasteiger partial charge is 0.363 e. The highest BCUT2D eigenvalue weighted by Gasteiger charge is 2.31. The summed E-state index contributed by atoms with van der Waals surface area (Å²) in [6.45, 7) is 3.63. The highest BCUT2D eigenvalue weighted by Crippen LogP contribution is 2.33. The van der Waals surface area contributed by atoms with Crippen molar-refractivity contribution in [1.29, 1.82) is 0 Å². The molecule has 0 saturated heterocycles. The lowest BCUT2D eigenvalue weighted by Crippen LogP contribution is -2.27. The average Bonchev–Trinajstić information content (AvgIpc) is 2.85. The first-order valence-electron chi connectivity index (χ1n) is 6.24. The van der Waals surface area contributed by atoms with Crippen LogP contribution in [0.25, 0.3) is 0 Å². The van der Waals surface area contributed by atoms with E-state index in [2.05, 4.69) is 16.8 Å². The number of anilines is 1. The molecule has 0 unspecified atom stereocenters. The third-order valence-electron chi connectivity index (χ3n) is 3.74. The number of hydrogen-bond donors (Lipinski definition) is 0. The summed E-state index contributed by atoms with van der Waals surface area (Å²) >= 11 is 0. The molecule has 0 radical (unpaired) electrons. The number of hydrogen-bond acceptors (Lipinski definition) is 2. The molecular weight excluding hydrogens is 253 g/mol. The van der Waals surface area contributed by atoms with Crippen molar-refractivity contribution < 1.29 is 13.2 Å². The highest BCUT2D eigenvalue weighted by atomic mass is 19.4. The van der Waals surface area contributed by atoms with Gasteiger partial charge >= 0.3 is 6.18 Å². The van der Waals surface area contributed by atoms with E-state index < -0.39 is 11.7 Å². The topological polar surface area (TPSA) is 6.48 Å². The Morgan fingerprint density at radius 3 is 1.89 bits per heavy atom. The number of benzene rings is 1. The van der Waals surface area contributed by atoms with Gasteiger partial charge in [-0.15, -0.1) is 0 Å². The zero-order valence-corrected chi connectivity index (χ0v) is 10.7. The fourth-order valence-electron chi connectivity index (χ4n) is 2.82. The second-order valence-electron chi connectivity index (χ2n) is 5.28. The van der Waals surface area contributed by atoms with Crippen LogP contribution in [0.4, 0.5) is 18.9 Å². The van der Waals surface area contributed by atoms with Gasteiger partial charge < -0.3 is 4.90 Å². The minimum atomic E-state index is -4.26. The third kappa shape index (κ3) is 2.34. The monoisotopic (exact) mass is 268 g/mol. The summed E-state index contributed by atoms with van der Waals surface area (Å²) in [4.78, 5) is 4.40. The van der Waals surface area contributed by atoms with Gasteiger partial charge in [-0.3, -0.25) is 4.90 Å². The molecular formula is C14H15F3N2. The number of rotatable bonds is 1. The summed E-state index contributed by atoms with van der Waals surface area (Å²) in [6.07, 6.45) is -4.26. The van der Waals surface area contributed by atoms with Crippen LogP contribution in [0, 0.1) is 0 Å². The Bertz CT molecular complexity index is 498. The Balaban J connectivity index is 1.72. The van der Waals surface area contributed by atoms with Gasteiger partial charge in [0.05, 0.1) is 5.56 Å². The molecule has 0 aliphatic carbocycles. The molecule has 19 heavy (non-hydrogen) atoms. The normalized spacial score (nSPS) is 20.3. The maximum Gasteiger partial charge on any atom is 0.416 e. The Morgan fingerprint density at radius 1 is 0.895 bits per heavy atom. The summed E-state index contributed by atoms with van der Waals surface area (Å²) in [6, 6.07) is 5.44. The van der Waals surface area contributed by atoms with Gasteiger partial charge in [0, 0.05) is 31.9 Å². The van der Waals surface area contributed by atoms with E-state index in [1.54, 1.807) is 12.1 Å². The molecule has 2 aliphatic heterocycles. The molecule has 0 atom stereocenters. The number of alkyl halides is 3. The summed E-state index contributed by atoms with van der Waals surface area (Å²) in [5, 5.41) is 0. The molecule has 0 spiro atoms. The molecule has 0 saturated carbocycles. The Kier molecular flexibility index (Phi) is 2.82. The van der Waals surface area contributed by atoms with E-state index in [0.717, 1.165) is 44.0 Å². The van der Waals surface area contributed by atoms with Gasteiger partial charge in [0.2, 0.25) is 0 Å². The van der Waals surface area contributed by atoms with Crippen molar-refractivity contribution in [1.82, 2.24) is 4.90 Å². The number of likely N-dealkylation sites (N-methyl/N-ethyl adjacent to an activating group) is 1. The van der Waals surface area contributed by atoms with E-state index >= 15 is 0 Å². The van der Waals surface area contributed by atoms with Crippen LogP contribution >= 0.6 is 0 Å². The van der Waals surface area contributed by atoms with Crippen LogP contribution in [0.1, 0.15) is 5.56 Å². The van der Waals surface area contributed by atoms with E-state index in [1.165, 1.54) is 11.1 Å². The molecule has 0 aromatic heterocycles. The third-order valence-corrected chi connectivity index (χ3v) is 3.74. The molecule has 102 valence electrons. The Hall–Kier alpha value is -1.49. The Morgan fingerprint density at radius 2 is 1.42 bits per heavy atom. The molecule has 0 fully saturated rings. The molecule has 5 heteroatoms. The SMILES string of the molecule is CN1CC2=C(C1)CN(c1ccc(C(F)(F)F)cc1)C2. The van der Waals surface area contributed by atoms with Crippen molar-refractivity contribution in [3.63, 3.8) is 0 Å². The van der Waals surface area contributed by atoms with E-state index in [4.69, 9.17) is 0 Å². The maximum atomic E-state index is 12.5. The van der Waals surface area contributed by atoms with Gasteiger partial charge in [0.25, 0.3) is 0 Å². The Labute approximate surface area is 110 Å². The molecule has 0 N–H and O–H groups in total. The van der Waals surface area contributed by atoms with E-state index in [-0.39, 0.29) is 0 Å². The fourth-order valence-corrected chi connectivity index (χ4v) is 2.82. The zero-order chi connectivity index (χ0) is 13.6. The summed E-state index contributed by atoms with van der Waals surface area (Å²) < 4.78 is 37.5. The van der Waals surface area contributed by atoms with Crippen molar-refractivity contribution in [3.8, 4) is 0 Å². The van der Waals surface area contributed by atoms with Gasteiger partial charge in [-0.05, 0) is 42.5 Å². The van der Waals surface area contributed by atoms with Gasteiger partial charge in [-0.2, -0.15) is 13.2 Å².